The van der Waals surface area contributed by atoms with Crippen LogP contribution >= 0.6 is 0 Å². The summed E-state index contributed by atoms with van der Waals surface area (Å²) in [6, 6.07) is 4.86. The van der Waals surface area contributed by atoms with Crippen LogP contribution in [-0.2, 0) is 14.8 Å². The maximum atomic E-state index is 13.1. The van der Waals surface area contributed by atoms with E-state index in [4.69, 9.17) is 0 Å². The molecule has 1 aliphatic heterocycles. The van der Waals surface area contributed by atoms with Crippen molar-refractivity contribution >= 4 is 21.6 Å². The van der Waals surface area contributed by atoms with Crippen molar-refractivity contribution in [3.05, 3.63) is 29.3 Å². The molecule has 0 bridgehead atoms. The zero-order chi connectivity index (χ0) is 18.8. The first kappa shape index (κ1) is 19.8. The van der Waals surface area contributed by atoms with Crippen LogP contribution in [0, 0.1) is 19.8 Å². The Labute approximate surface area is 152 Å². The van der Waals surface area contributed by atoms with E-state index in [9.17, 15) is 13.2 Å². The quantitative estimate of drug-likeness (QED) is 0.804. The fourth-order valence-electron chi connectivity index (χ4n) is 3.35. The van der Waals surface area contributed by atoms with E-state index in [1.165, 1.54) is 10.6 Å². The van der Waals surface area contributed by atoms with Gasteiger partial charge in [0.25, 0.3) is 0 Å². The van der Waals surface area contributed by atoms with Crippen molar-refractivity contribution < 1.29 is 13.2 Å². The molecule has 140 valence electrons. The van der Waals surface area contributed by atoms with Gasteiger partial charge in [0.15, 0.2) is 0 Å². The minimum absolute atomic E-state index is 0.0851. The van der Waals surface area contributed by atoms with Crippen molar-refractivity contribution in [1.29, 1.82) is 0 Å². The number of carbonyl (C=O) groups is 1. The number of sulfonamides is 1. The summed E-state index contributed by atoms with van der Waals surface area (Å²) in [5, 5.41) is 0. The van der Waals surface area contributed by atoms with Crippen LogP contribution in [0.25, 0.3) is 0 Å². The van der Waals surface area contributed by atoms with Gasteiger partial charge in [-0.15, -0.1) is 0 Å². The molecule has 0 radical (unpaired) electrons. The van der Waals surface area contributed by atoms with Gasteiger partial charge >= 0.3 is 0 Å². The van der Waals surface area contributed by atoms with Crippen LogP contribution in [-0.4, -0.2) is 44.6 Å². The third-order valence-electron chi connectivity index (χ3n) is 5.15. The van der Waals surface area contributed by atoms with Crippen molar-refractivity contribution in [1.82, 2.24) is 4.90 Å². The smallest absolute Gasteiger partial charge is 0.246 e. The first-order valence-corrected chi connectivity index (χ1v) is 10.9. The van der Waals surface area contributed by atoms with Crippen LogP contribution in [0.1, 0.15) is 44.2 Å². The molecule has 1 atom stereocenters. The lowest BCUT2D eigenvalue weighted by Crippen LogP contribution is -2.52. The molecular formula is C19H30N2O3S. The minimum atomic E-state index is -3.57. The van der Waals surface area contributed by atoms with Gasteiger partial charge in [-0.05, 0) is 62.3 Å². The van der Waals surface area contributed by atoms with Crippen molar-refractivity contribution in [3.8, 4) is 0 Å². The summed E-state index contributed by atoms with van der Waals surface area (Å²) in [5.74, 6) is 0.535. The second-order valence-corrected chi connectivity index (χ2v) is 9.12. The molecule has 25 heavy (non-hydrogen) atoms. The minimum Gasteiger partial charge on any atom is -0.341 e. The molecule has 1 aromatic carbocycles. The molecule has 1 saturated heterocycles. The molecule has 1 amide bonds. The number of aryl methyl sites for hydroxylation is 2. The average molecular weight is 367 g/mol. The van der Waals surface area contributed by atoms with Crippen LogP contribution in [0.15, 0.2) is 18.2 Å². The number of anilines is 1. The summed E-state index contributed by atoms with van der Waals surface area (Å²) in [5.41, 5.74) is 2.68. The van der Waals surface area contributed by atoms with E-state index in [1.54, 1.807) is 6.07 Å². The van der Waals surface area contributed by atoms with E-state index < -0.39 is 16.1 Å². The molecule has 1 aliphatic rings. The van der Waals surface area contributed by atoms with E-state index >= 15 is 0 Å². The molecule has 0 spiro atoms. The van der Waals surface area contributed by atoms with E-state index in [2.05, 4.69) is 6.92 Å². The highest BCUT2D eigenvalue weighted by atomic mass is 32.2. The topological polar surface area (TPSA) is 57.7 Å². The lowest BCUT2D eigenvalue weighted by Gasteiger charge is -2.37. The molecule has 0 aromatic heterocycles. The number of likely N-dealkylation sites (tertiary alicyclic amines) is 1. The number of amides is 1. The standard InChI is InChI=1S/C19H30N2O3S/c1-6-18(19(22)20-11-9-14(2)10-12-20)21(25(5,23)24)17-8-7-15(3)16(4)13-17/h7-8,13-14,18H,6,9-12H2,1-5H3/t18-/m0/s1. The Bertz CT molecular complexity index is 722. The Morgan fingerprint density at radius 3 is 2.32 bits per heavy atom. The SMILES string of the molecule is CC[C@@H](C(=O)N1CCC(C)CC1)N(c1ccc(C)c(C)c1)S(C)(=O)=O. The second-order valence-electron chi connectivity index (χ2n) is 7.26. The zero-order valence-corrected chi connectivity index (χ0v) is 16.8. The van der Waals surface area contributed by atoms with Gasteiger partial charge in [0.05, 0.1) is 11.9 Å². The van der Waals surface area contributed by atoms with Crippen molar-refractivity contribution in [3.63, 3.8) is 0 Å². The van der Waals surface area contributed by atoms with Gasteiger partial charge in [0.1, 0.15) is 6.04 Å². The van der Waals surface area contributed by atoms with E-state index in [1.807, 2.05) is 37.8 Å². The molecule has 0 aliphatic carbocycles. The normalized spacial score (nSPS) is 17.4. The lowest BCUT2D eigenvalue weighted by atomic mass is 9.98. The maximum absolute atomic E-state index is 13.1. The summed E-state index contributed by atoms with van der Waals surface area (Å²) in [7, 11) is -3.57. The largest absolute Gasteiger partial charge is 0.341 e. The number of piperidine rings is 1. The fourth-order valence-corrected chi connectivity index (χ4v) is 4.54. The number of carbonyl (C=O) groups excluding carboxylic acids is 1. The number of hydrogen-bond acceptors (Lipinski definition) is 3. The summed E-state index contributed by atoms with van der Waals surface area (Å²) in [6.07, 6.45) is 3.58. The van der Waals surface area contributed by atoms with Gasteiger partial charge < -0.3 is 4.90 Å². The number of benzene rings is 1. The second kappa shape index (κ2) is 7.77. The molecule has 5 nitrogen and oxygen atoms in total. The summed E-state index contributed by atoms with van der Waals surface area (Å²) in [4.78, 5) is 14.9. The first-order chi connectivity index (χ1) is 11.6. The number of hydrogen-bond donors (Lipinski definition) is 0. The lowest BCUT2D eigenvalue weighted by molar-refractivity contribution is -0.133. The molecule has 1 heterocycles. The van der Waals surface area contributed by atoms with Gasteiger partial charge in [0.2, 0.25) is 15.9 Å². The molecule has 1 fully saturated rings. The predicted octanol–water partition coefficient (Wildman–Crippen LogP) is 3.11. The van der Waals surface area contributed by atoms with Crippen LogP contribution in [0.5, 0.6) is 0 Å². The maximum Gasteiger partial charge on any atom is 0.246 e. The number of nitrogens with zero attached hydrogens (tertiary/aromatic N) is 2. The summed E-state index contributed by atoms with van der Waals surface area (Å²) < 4.78 is 26.4. The molecule has 0 unspecified atom stereocenters. The third-order valence-corrected chi connectivity index (χ3v) is 6.33. The van der Waals surface area contributed by atoms with Gasteiger partial charge in [-0.1, -0.05) is 19.9 Å². The summed E-state index contributed by atoms with van der Waals surface area (Å²) >= 11 is 0. The van der Waals surface area contributed by atoms with Gasteiger partial charge in [-0.25, -0.2) is 8.42 Å². The molecule has 0 saturated carbocycles. The van der Waals surface area contributed by atoms with Gasteiger partial charge in [0, 0.05) is 13.1 Å². The van der Waals surface area contributed by atoms with Crippen LogP contribution < -0.4 is 4.31 Å². The summed E-state index contributed by atoms with van der Waals surface area (Å²) in [6.45, 7) is 9.42. The monoisotopic (exact) mass is 366 g/mol. The van der Waals surface area contributed by atoms with Crippen LogP contribution in [0.2, 0.25) is 0 Å². The van der Waals surface area contributed by atoms with Crippen LogP contribution in [0.3, 0.4) is 0 Å². The van der Waals surface area contributed by atoms with Gasteiger partial charge in [-0.2, -0.15) is 0 Å². The molecular weight excluding hydrogens is 336 g/mol. The van der Waals surface area contributed by atoms with Crippen molar-refractivity contribution in [2.75, 3.05) is 23.7 Å². The molecule has 6 heteroatoms. The highest BCUT2D eigenvalue weighted by molar-refractivity contribution is 7.92. The first-order valence-electron chi connectivity index (χ1n) is 9.00. The molecule has 1 aromatic rings. The molecule has 2 rings (SSSR count). The average Bonchev–Trinajstić information content (AvgIpc) is 2.54. The van der Waals surface area contributed by atoms with Crippen molar-refractivity contribution in [2.24, 2.45) is 5.92 Å². The van der Waals surface area contributed by atoms with E-state index in [0.29, 0.717) is 31.1 Å². The van der Waals surface area contributed by atoms with Crippen molar-refractivity contribution in [2.45, 2.75) is 53.0 Å². The Balaban J connectivity index is 2.37. The fraction of sp³-hybridized carbons (Fsp3) is 0.632. The zero-order valence-electron chi connectivity index (χ0n) is 15.9. The Hall–Kier alpha value is -1.56. The van der Waals surface area contributed by atoms with Crippen LogP contribution in [0.4, 0.5) is 5.69 Å². The Morgan fingerprint density at radius 2 is 1.84 bits per heavy atom. The molecule has 0 N–H and O–H groups in total. The number of rotatable bonds is 5. The highest BCUT2D eigenvalue weighted by Crippen LogP contribution is 2.27. The Morgan fingerprint density at radius 1 is 1.24 bits per heavy atom. The van der Waals surface area contributed by atoms with Gasteiger partial charge in [-0.3, -0.25) is 9.10 Å². The highest BCUT2D eigenvalue weighted by Gasteiger charge is 2.35. The van der Waals surface area contributed by atoms with E-state index in [0.717, 1.165) is 24.0 Å². The van der Waals surface area contributed by atoms with E-state index in [-0.39, 0.29) is 5.91 Å². The third kappa shape index (κ3) is 4.54. The predicted molar refractivity (Wildman–Crippen MR) is 102 cm³/mol. The Kier molecular flexibility index (Phi) is 6.14.